The molecule has 0 saturated heterocycles. The molecule has 1 N–H and O–H groups in total. The molecule has 0 atom stereocenters. The Morgan fingerprint density at radius 2 is 2.43 bits per heavy atom. The summed E-state index contributed by atoms with van der Waals surface area (Å²) in [5.41, 5.74) is 0.856. The zero-order valence-electron chi connectivity index (χ0n) is 3.89. The largest absolute Gasteiger partial charge is 0.316 e. The Morgan fingerprint density at radius 1 is 1.71 bits per heavy atom. The molecule has 0 aliphatic rings. The second-order valence-corrected chi connectivity index (χ2v) is 1.08. The normalized spacial score (nSPS) is 7.43. The number of nitrogens with zero attached hydrogens (tertiary/aromatic N) is 1. The molecule has 0 spiro atoms. The van der Waals surface area contributed by atoms with Gasteiger partial charge in [0.05, 0.1) is 0 Å². The minimum atomic E-state index is 0. The Kier molecular flexibility index (Phi) is 3.30. The predicted octanol–water partition coefficient (Wildman–Crippen LogP) is 0.589. The van der Waals surface area contributed by atoms with Crippen molar-refractivity contribution >= 4 is 0 Å². The number of hydrogen-bond donors (Lipinski definition) is 1. The van der Waals surface area contributed by atoms with E-state index in [1.807, 2.05) is 0 Å². The molecule has 2 nitrogen and oxygen atoms in total. The van der Waals surface area contributed by atoms with Crippen LogP contribution in [-0.2, 0) is 32.7 Å². The zero-order valence-corrected chi connectivity index (χ0v) is 6.72. The number of hydrogen-bond acceptors (Lipinski definition) is 1. The summed E-state index contributed by atoms with van der Waals surface area (Å²) in [4.78, 5) is 0. The first-order valence-corrected chi connectivity index (χ1v) is 1.71. The summed E-state index contributed by atoms with van der Waals surface area (Å²) < 4.78 is 0. The SMILES string of the molecule is [CH2-]c1ccn[nH]1.[Y]. The molecule has 1 aromatic heterocycles. The monoisotopic (exact) mass is 170 g/mol. The molecule has 35 valence electrons. The van der Waals surface area contributed by atoms with Crippen LogP contribution in [0.4, 0.5) is 0 Å². The van der Waals surface area contributed by atoms with E-state index in [1.54, 1.807) is 12.3 Å². The van der Waals surface area contributed by atoms with Crippen LogP contribution in [-0.4, -0.2) is 10.2 Å². The van der Waals surface area contributed by atoms with Crippen molar-refractivity contribution in [3.05, 3.63) is 24.9 Å². The van der Waals surface area contributed by atoms with Crippen LogP contribution in [0.3, 0.4) is 0 Å². The molecule has 3 heteroatoms. The van der Waals surface area contributed by atoms with Gasteiger partial charge in [0.1, 0.15) is 0 Å². The fourth-order valence-electron chi connectivity index (χ4n) is 0.285. The van der Waals surface area contributed by atoms with Gasteiger partial charge < -0.3 is 5.10 Å². The maximum Gasteiger partial charge on any atom is 0 e. The van der Waals surface area contributed by atoms with Gasteiger partial charge in [0.15, 0.2) is 0 Å². The maximum absolute atomic E-state index is 3.63. The van der Waals surface area contributed by atoms with Crippen LogP contribution in [0.15, 0.2) is 12.3 Å². The number of aromatic nitrogens is 2. The van der Waals surface area contributed by atoms with Gasteiger partial charge in [-0.25, -0.2) is 12.0 Å². The second kappa shape index (κ2) is 3.22. The van der Waals surface area contributed by atoms with Crippen LogP contribution in [0.5, 0.6) is 0 Å². The van der Waals surface area contributed by atoms with E-state index in [0.717, 1.165) is 5.69 Å². The van der Waals surface area contributed by atoms with Crippen molar-refractivity contribution in [2.75, 3.05) is 0 Å². The van der Waals surface area contributed by atoms with E-state index in [-0.39, 0.29) is 32.7 Å². The van der Waals surface area contributed by atoms with Gasteiger partial charge in [-0.3, -0.25) is 0 Å². The molecular weight excluding hydrogens is 165 g/mol. The first-order valence-electron chi connectivity index (χ1n) is 1.71. The van der Waals surface area contributed by atoms with Gasteiger partial charge in [-0.2, -0.15) is 6.07 Å². The Morgan fingerprint density at radius 3 is 2.57 bits per heavy atom. The molecule has 0 aliphatic carbocycles. The minimum absolute atomic E-state index is 0. The quantitative estimate of drug-likeness (QED) is 0.567. The predicted molar refractivity (Wildman–Crippen MR) is 23.0 cm³/mol. The van der Waals surface area contributed by atoms with Gasteiger partial charge in [0, 0.05) is 32.7 Å². The molecule has 1 aromatic rings. The summed E-state index contributed by atoms with van der Waals surface area (Å²) in [5.74, 6) is 0. The molecule has 0 fully saturated rings. The van der Waals surface area contributed by atoms with Crippen LogP contribution in [0.2, 0.25) is 0 Å². The summed E-state index contributed by atoms with van der Waals surface area (Å²) in [6.07, 6.45) is 1.67. The topological polar surface area (TPSA) is 28.7 Å². The summed E-state index contributed by atoms with van der Waals surface area (Å²) in [5, 5.41) is 6.27. The maximum atomic E-state index is 3.63. The van der Waals surface area contributed by atoms with Crippen molar-refractivity contribution in [1.29, 1.82) is 0 Å². The van der Waals surface area contributed by atoms with E-state index in [2.05, 4.69) is 17.1 Å². The average Bonchev–Trinajstić information content (AvgIpc) is 1.86. The average molecular weight is 170 g/mol. The molecule has 7 heavy (non-hydrogen) atoms. The van der Waals surface area contributed by atoms with Crippen molar-refractivity contribution in [1.82, 2.24) is 10.2 Å². The first-order chi connectivity index (χ1) is 2.89. The van der Waals surface area contributed by atoms with Crippen LogP contribution < -0.4 is 0 Å². The van der Waals surface area contributed by atoms with E-state index in [0.29, 0.717) is 0 Å². The fraction of sp³-hybridized carbons (Fsp3) is 0. The van der Waals surface area contributed by atoms with Crippen molar-refractivity contribution in [3.63, 3.8) is 0 Å². The third-order valence-corrected chi connectivity index (χ3v) is 0.558. The van der Waals surface area contributed by atoms with Crippen LogP contribution in [0, 0.1) is 6.92 Å². The van der Waals surface area contributed by atoms with Gasteiger partial charge in [0.2, 0.25) is 0 Å². The van der Waals surface area contributed by atoms with Gasteiger partial charge in [-0.1, -0.05) is 0 Å². The zero-order chi connectivity index (χ0) is 4.41. The first kappa shape index (κ1) is 7.18. The number of rotatable bonds is 0. The van der Waals surface area contributed by atoms with Gasteiger partial charge in [-0.05, 0) is 6.20 Å². The Hall–Kier alpha value is 0.184. The van der Waals surface area contributed by atoms with E-state index in [4.69, 9.17) is 0 Å². The number of H-pyrrole nitrogens is 1. The summed E-state index contributed by atoms with van der Waals surface area (Å²) in [6, 6.07) is 1.81. The molecule has 0 bridgehead atoms. The summed E-state index contributed by atoms with van der Waals surface area (Å²) in [7, 11) is 0. The molecule has 0 saturated carbocycles. The van der Waals surface area contributed by atoms with Gasteiger partial charge in [0.25, 0.3) is 0 Å². The van der Waals surface area contributed by atoms with Crippen molar-refractivity contribution in [2.24, 2.45) is 0 Å². The van der Waals surface area contributed by atoms with E-state index < -0.39 is 0 Å². The molecule has 1 radical (unpaired) electrons. The Labute approximate surface area is 67.6 Å². The van der Waals surface area contributed by atoms with Crippen LogP contribution in [0.25, 0.3) is 0 Å². The van der Waals surface area contributed by atoms with E-state index in [9.17, 15) is 0 Å². The van der Waals surface area contributed by atoms with Crippen molar-refractivity contribution < 1.29 is 32.7 Å². The molecule has 1 rings (SSSR count). The summed E-state index contributed by atoms with van der Waals surface area (Å²) in [6.45, 7) is 3.56. The molecule has 0 aliphatic heterocycles. The van der Waals surface area contributed by atoms with Gasteiger partial charge in [-0.15, -0.1) is 5.69 Å². The van der Waals surface area contributed by atoms with Gasteiger partial charge >= 0.3 is 0 Å². The number of aromatic amines is 1. The van der Waals surface area contributed by atoms with Crippen LogP contribution in [0.1, 0.15) is 5.69 Å². The molecular formula is C4H5N2Y-. The second-order valence-electron chi connectivity index (χ2n) is 1.08. The Bertz CT molecular complexity index is 113. The summed E-state index contributed by atoms with van der Waals surface area (Å²) >= 11 is 0. The van der Waals surface area contributed by atoms with Crippen LogP contribution >= 0.6 is 0 Å². The third-order valence-electron chi connectivity index (χ3n) is 0.558. The van der Waals surface area contributed by atoms with Crippen molar-refractivity contribution in [3.8, 4) is 0 Å². The molecule has 0 unspecified atom stereocenters. The molecule has 0 amide bonds. The third kappa shape index (κ3) is 2.10. The smallest absolute Gasteiger partial charge is 0 e. The molecule has 0 aromatic carbocycles. The molecule has 1 heterocycles. The van der Waals surface area contributed by atoms with E-state index in [1.165, 1.54) is 0 Å². The minimum Gasteiger partial charge on any atom is -0.316 e. The standard InChI is InChI=1S/C4H5N2.Y/c1-4-2-3-5-6-4;/h2-3H,1H2,(H,5,6);/q-1;. The van der Waals surface area contributed by atoms with Crippen molar-refractivity contribution in [2.45, 2.75) is 0 Å². The van der Waals surface area contributed by atoms with E-state index >= 15 is 0 Å². The number of nitrogens with one attached hydrogen (secondary N) is 1. The Balaban J connectivity index is 0.000000360. The fourth-order valence-corrected chi connectivity index (χ4v) is 0.285.